The van der Waals surface area contributed by atoms with Crippen molar-refractivity contribution in [2.24, 2.45) is 0 Å². The van der Waals surface area contributed by atoms with Gasteiger partial charge in [0.05, 0.1) is 17.4 Å². The Bertz CT molecular complexity index is 1210. The molecule has 0 atom stereocenters. The van der Waals surface area contributed by atoms with Gasteiger partial charge in [0, 0.05) is 28.2 Å². The minimum absolute atomic E-state index is 0.287. The monoisotopic (exact) mass is 447 g/mol. The molecule has 3 aromatic carbocycles. The number of halogens is 1. The van der Waals surface area contributed by atoms with E-state index in [0.29, 0.717) is 17.3 Å². The first-order chi connectivity index (χ1) is 15.6. The molecular formula is C26H26ClN3O2. The number of nitrogens with zero attached hydrogens (tertiary/aromatic N) is 2. The van der Waals surface area contributed by atoms with E-state index < -0.39 is 0 Å². The number of fused-ring (bicyclic) bond motifs is 1. The zero-order valence-corrected chi connectivity index (χ0v) is 18.9. The Morgan fingerprint density at radius 2 is 1.78 bits per heavy atom. The molecule has 0 aliphatic heterocycles. The van der Waals surface area contributed by atoms with Gasteiger partial charge in [-0.05, 0) is 61.6 Å². The maximum atomic E-state index is 10.4. The first-order valence-electron chi connectivity index (χ1n) is 10.7. The second-order valence-electron chi connectivity index (χ2n) is 7.50. The summed E-state index contributed by atoms with van der Waals surface area (Å²) in [5.41, 5.74) is 3.27. The number of para-hydroxylation sites is 1. The summed E-state index contributed by atoms with van der Waals surface area (Å²) in [7, 11) is 0. The number of hydrogen-bond acceptors (Lipinski definition) is 5. The van der Waals surface area contributed by atoms with E-state index in [1.807, 2.05) is 60.7 Å². The average molecular weight is 448 g/mol. The second kappa shape index (κ2) is 9.90. The first-order valence-corrected chi connectivity index (χ1v) is 11.1. The molecular weight excluding hydrogens is 422 g/mol. The smallest absolute Gasteiger partial charge is 0.169 e. The van der Waals surface area contributed by atoms with Crippen LogP contribution in [0.15, 0.2) is 72.9 Å². The third kappa shape index (κ3) is 4.96. The van der Waals surface area contributed by atoms with Gasteiger partial charge in [-0.25, -0.2) is 0 Å². The van der Waals surface area contributed by atoms with Gasteiger partial charge >= 0.3 is 0 Å². The van der Waals surface area contributed by atoms with Crippen LogP contribution in [0, 0.1) is 0 Å². The average Bonchev–Trinajstić information content (AvgIpc) is 2.81. The summed E-state index contributed by atoms with van der Waals surface area (Å²) < 4.78 is 6.16. The number of rotatable bonds is 8. The largest absolute Gasteiger partial charge is 0.508 e. The van der Waals surface area contributed by atoms with E-state index in [-0.39, 0.29) is 5.75 Å². The molecule has 0 saturated carbocycles. The summed E-state index contributed by atoms with van der Waals surface area (Å²) in [6, 6.07) is 20.8. The predicted octanol–water partition coefficient (Wildman–Crippen LogP) is 6.97. The predicted molar refractivity (Wildman–Crippen MR) is 131 cm³/mol. The van der Waals surface area contributed by atoms with Crippen molar-refractivity contribution in [2.45, 2.75) is 20.4 Å². The van der Waals surface area contributed by atoms with Gasteiger partial charge in [-0.2, -0.15) is 0 Å². The standard InChI is InChI=1S/C26H26ClN3O2/c1-3-30(4-2)17-18-14-20(11-13-24(18)31)29-26-22-12-10-19(27)15-23(22)28-16-25(26)32-21-8-6-5-7-9-21/h5-16,31H,3-4,17H2,1-2H3,(H,28,29). The molecule has 32 heavy (non-hydrogen) atoms. The number of hydrogen-bond donors (Lipinski definition) is 2. The molecule has 6 heteroatoms. The highest BCUT2D eigenvalue weighted by Crippen LogP contribution is 2.38. The number of phenols is 1. The molecule has 164 valence electrons. The minimum Gasteiger partial charge on any atom is -0.508 e. The van der Waals surface area contributed by atoms with Crippen molar-refractivity contribution in [3.63, 3.8) is 0 Å². The molecule has 0 saturated heterocycles. The molecule has 4 rings (SSSR count). The minimum atomic E-state index is 0.287. The van der Waals surface area contributed by atoms with Crippen LogP contribution in [0.2, 0.25) is 5.02 Å². The fourth-order valence-corrected chi connectivity index (χ4v) is 3.76. The molecule has 0 radical (unpaired) electrons. The van der Waals surface area contributed by atoms with Crippen molar-refractivity contribution < 1.29 is 9.84 Å². The lowest BCUT2D eigenvalue weighted by Gasteiger charge is -2.20. The number of pyridine rings is 1. The van der Waals surface area contributed by atoms with Crippen LogP contribution < -0.4 is 10.1 Å². The molecule has 2 N–H and O–H groups in total. The molecule has 0 unspecified atom stereocenters. The van der Waals surface area contributed by atoms with Crippen molar-refractivity contribution in [3.05, 3.63) is 83.5 Å². The number of aromatic hydroxyl groups is 1. The second-order valence-corrected chi connectivity index (χ2v) is 7.94. The quantitative estimate of drug-likeness (QED) is 0.285. The van der Waals surface area contributed by atoms with Gasteiger partial charge < -0.3 is 15.2 Å². The van der Waals surface area contributed by atoms with Crippen LogP contribution in [0.5, 0.6) is 17.2 Å². The highest BCUT2D eigenvalue weighted by Gasteiger charge is 2.14. The Hall–Kier alpha value is -3.28. The van der Waals surface area contributed by atoms with E-state index in [9.17, 15) is 5.11 Å². The lowest BCUT2D eigenvalue weighted by Crippen LogP contribution is -2.22. The fourth-order valence-electron chi connectivity index (χ4n) is 3.59. The third-order valence-corrected chi connectivity index (χ3v) is 5.64. The molecule has 1 aromatic heterocycles. The zero-order chi connectivity index (χ0) is 22.5. The van der Waals surface area contributed by atoms with Crippen molar-refractivity contribution in [1.82, 2.24) is 9.88 Å². The first kappa shape index (κ1) is 21.9. The van der Waals surface area contributed by atoms with Crippen LogP contribution in [0.25, 0.3) is 10.9 Å². The molecule has 0 amide bonds. The maximum absolute atomic E-state index is 10.4. The van der Waals surface area contributed by atoms with E-state index >= 15 is 0 Å². The number of ether oxygens (including phenoxy) is 1. The molecule has 0 aliphatic carbocycles. The highest BCUT2D eigenvalue weighted by molar-refractivity contribution is 6.31. The number of benzene rings is 3. The highest BCUT2D eigenvalue weighted by atomic mass is 35.5. The summed E-state index contributed by atoms with van der Waals surface area (Å²) >= 11 is 6.19. The maximum Gasteiger partial charge on any atom is 0.169 e. The SMILES string of the molecule is CCN(CC)Cc1cc(Nc2c(Oc3ccccc3)cnc3cc(Cl)ccc23)ccc1O. The number of nitrogens with one attached hydrogen (secondary N) is 1. The Balaban J connectivity index is 1.75. The van der Waals surface area contributed by atoms with Crippen LogP contribution in [0.1, 0.15) is 19.4 Å². The van der Waals surface area contributed by atoms with E-state index in [1.54, 1.807) is 12.3 Å². The van der Waals surface area contributed by atoms with Gasteiger partial charge in [0.25, 0.3) is 0 Å². The van der Waals surface area contributed by atoms with Crippen molar-refractivity contribution >= 4 is 33.9 Å². The summed E-state index contributed by atoms with van der Waals surface area (Å²) in [6.45, 7) is 6.74. The van der Waals surface area contributed by atoms with Crippen LogP contribution in [-0.4, -0.2) is 28.1 Å². The Morgan fingerprint density at radius 1 is 1.00 bits per heavy atom. The molecule has 0 spiro atoms. The Kier molecular flexibility index (Phi) is 6.78. The van der Waals surface area contributed by atoms with Crippen molar-refractivity contribution in [3.8, 4) is 17.2 Å². The number of anilines is 2. The van der Waals surface area contributed by atoms with E-state index in [1.165, 1.54) is 0 Å². The normalized spacial score (nSPS) is 11.1. The van der Waals surface area contributed by atoms with Gasteiger partial charge in [-0.1, -0.05) is 43.6 Å². The van der Waals surface area contributed by atoms with Crippen LogP contribution in [0.4, 0.5) is 11.4 Å². The molecule has 0 aliphatic rings. The van der Waals surface area contributed by atoms with Gasteiger partial charge in [-0.3, -0.25) is 9.88 Å². The number of aromatic nitrogens is 1. The van der Waals surface area contributed by atoms with Crippen molar-refractivity contribution in [1.29, 1.82) is 0 Å². The Labute approximate surface area is 193 Å². The van der Waals surface area contributed by atoms with E-state index in [0.717, 1.165) is 46.7 Å². The summed E-state index contributed by atoms with van der Waals surface area (Å²) in [5.74, 6) is 1.61. The molecule has 0 fully saturated rings. The zero-order valence-electron chi connectivity index (χ0n) is 18.2. The lowest BCUT2D eigenvalue weighted by molar-refractivity contribution is 0.291. The third-order valence-electron chi connectivity index (χ3n) is 5.40. The Morgan fingerprint density at radius 3 is 2.53 bits per heavy atom. The van der Waals surface area contributed by atoms with Gasteiger partial charge in [-0.15, -0.1) is 0 Å². The molecule has 1 heterocycles. The van der Waals surface area contributed by atoms with Crippen molar-refractivity contribution in [2.75, 3.05) is 18.4 Å². The molecule has 4 aromatic rings. The topological polar surface area (TPSA) is 57.6 Å². The van der Waals surface area contributed by atoms with Crippen LogP contribution in [0.3, 0.4) is 0 Å². The summed E-state index contributed by atoms with van der Waals surface area (Å²) in [5, 5.41) is 15.4. The van der Waals surface area contributed by atoms with Gasteiger partial charge in [0.2, 0.25) is 0 Å². The summed E-state index contributed by atoms with van der Waals surface area (Å²) in [4.78, 5) is 6.79. The van der Waals surface area contributed by atoms with Crippen LogP contribution >= 0.6 is 11.6 Å². The van der Waals surface area contributed by atoms with Crippen LogP contribution in [-0.2, 0) is 6.54 Å². The number of phenolic OH excluding ortho intramolecular Hbond substituents is 1. The molecule has 5 nitrogen and oxygen atoms in total. The molecule has 0 bridgehead atoms. The van der Waals surface area contributed by atoms with E-state index in [4.69, 9.17) is 16.3 Å². The van der Waals surface area contributed by atoms with Gasteiger partial charge in [0.15, 0.2) is 5.75 Å². The summed E-state index contributed by atoms with van der Waals surface area (Å²) in [6.07, 6.45) is 1.70. The lowest BCUT2D eigenvalue weighted by atomic mass is 10.1. The fraction of sp³-hybridized carbons (Fsp3) is 0.192. The van der Waals surface area contributed by atoms with E-state index in [2.05, 4.69) is 29.0 Å². The van der Waals surface area contributed by atoms with Gasteiger partial charge in [0.1, 0.15) is 11.5 Å².